The number of hydrogen-bond acceptors (Lipinski definition) is 6. The van der Waals surface area contributed by atoms with E-state index >= 15 is 0 Å². The molecule has 0 amide bonds. The zero-order chi connectivity index (χ0) is 14.4. The first-order chi connectivity index (χ1) is 9.71. The van der Waals surface area contributed by atoms with Crippen LogP contribution in [-0.4, -0.2) is 34.9 Å². The van der Waals surface area contributed by atoms with Crippen LogP contribution in [0.1, 0.15) is 5.56 Å². The second kappa shape index (κ2) is 7.00. The van der Waals surface area contributed by atoms with Crippen LogP contribution in [0.3, 0.4) is 0 Å². The topological polar surface area (TPSA) is 70.1 Å². The van der Waals surface area contributed by atoms with Gasteiger partial charge in [-0.1, -0.05) is 23.9 Å². The molecule has 0 saturated carbocycles. The molecule has 2 rings (SSSR count). The summed E-state index contributed by atoms with van der Waals surface area (Å²) in [6, 6.07) is 9.12. The molecule has 106 valence electrons. The smallest absolute Gasteiger partial charge is 0.191 e. The molecule has 20 heavy (non-hydrogen) atoms. The van der Waals surface area contributed by atoms with Gasteiger partial charge in [0.25, 0.3) is 0 Å². The Labute approximate surface area is 122 Å². The maximum Gasteiger partial charge on any atom is 0.191 e. The van der Waals surface area contributed by atoms with Gasteiger partial charge in [0, 0.05) is 19.7 Å². The summed E-state index contributed by atoms with van der Waals surface area (Å²) in [5.41, 5.74) is 1.17. The zero-order valence-corrected chi connectivity index (χ0v) is 12.4. The number of thioether (sulfide) groups is 1. The highest BCUT2D eigenvalue weighted by Gasteiger charge is 2.02. The fraction of sp³-hybridized carbons (Fsp3) is 0.286. The van der Waals surface area contributed by atoms with Crippen molar-refractivity contribution in [1.29, 1.82) is 0 Å². The summed E-state index contributed by atoms with van der Waals surface area (Å²) in [6.45, 7) is 0.777. The Morgan fingerprint density at radius 1 is 1.15 bits per heavy atom. The van der Waals surface area contributed by atoms with Crippen LogP contribution >= 0.6 is 11.8 Å². The largest absolute Gasteiger partial charge is 0.508 e. The molecule has 1 aromatic carbocycles. The van der Waals surface area contributed by atoms with Crippen molar-refractivity contribution in [3.05, 3.63) is 35.9 Å². The van der Waals surface area contributed by atoms with Gasteiger partial charge in [0.2, 0.25) is 0 Å². The summed E-state index contributed by atoms with van der Waals surface area (Å²) in [5.74, 6) is 1.91. The number of aromatic hydroxyl groups is 1. The van der Waals surface area contributed by atoms with Crippen LogP contribution < -0.4 is 10.6 Å². The lowest BCUT2D eigenvalue weighted by Gasteiger charge is -2.09. The Bertz CT molecular complexity index is 537. The molecule has 6 heteroatoms. The zero-order valence-electron chi connectivity index (χ0n) is 11.6. The third kappa shape index (κ3) is 4.03. The lowest BCUT2D eigenvalue weighted by molar-refractivity contribution is 0.475. The lowest BCUT2D eigenvalue weighted by atomic mass is 10.1. The van der Waals surface area contributed by atoms with Crippen LogP contribution in [0, 0.1) is 0 Å². The van der Waals surface area contributed by atoms with E-state index in [0.29, 0.717) is 5.75 Å². The summed E-state index contributed by atoms with van der Waals surface area (Å²) in [7, 11) is 1.84. The van der Waals surface area contributed by atoms with Crippen LogP contribution in [0.5, 0.6) is 5.75 Å². The minimum atomic E-state index is 0.292. The van der Waals surface area contributed by atoms with Crippen LogP contribution in [0.2, 0.25) is 0 Å². The second-order valence-corrected chi connectivity index (χ2v) is 4.99. The summed E-state index contributed by atoms with van der Waals surface area (Å²) in [6.07, 6.45) is 2.82. The van der Waals surface area contributed by atoms with Gasteiger partial charge in [-0.25, -0.2) is 9.97 Å². The summed E-state index contributed by atoms with van der Waals surface area (Å²) < 4.78 is 0. The van der Waals surface area contributed by atoms with E-state index in [-0.39, 0.29) is 0 Å². The molecule has 5 nitrogen and oxygen atoms in total. The number of anilines is 2. The number of rotatable bonds is 6. The van der Waals surface area contributed by atoms with E-state index in [1.165, 1.54) is 17.3 Å². The van der Waals surface area contributed by atoms with E-state index < -0.39 is 0 Å². The molecule has 0 fully saturated rings. The van der Waals surface area contributed by atoms with Crippen molar-refractivity contribution in [2.45, 2.75) is 11.6 Å². The average Bonchev–Trinajstić information content (AvgIpc) is 2.49. The fourth-order valence-corrected chi connectivity index (χ4v) is 2.11. The third-order valence-electron chi connectivity index (χ3n) is 2.80. The average molecular weight is 290 g/mol. The van der Waals surface area contributed by atoms with Crippen molar-refractivity contribution in [3.8, 4) is 5.75 Å². The van der Waals surface area contributed by atoms with Crippen molar-refractivity contribution < 1.29 is 5.11 Å². The van der Waals surface area contributed by atoms with E-state index in [1.807, 2.05) is 31.5 Å². The monoisotopic (exact) mass is 290 g/mol. The van der Waals surface area contributed by atoms with Crippen LogP contribution in [-0.2, 0) is 6.42 Å². The number of hydrogen-bond donors (Lipinski definition) is 3. The molecule has 0 aliphatic rings. The van der Waals surface area contributed by atoms with E-state index in [0.717, 1.165) is 29.8 Å². The molecule has 1 aromatic heterocycles. The number of phenolic OH excluding ortho intramolecular Hbond substituents is 1. The molecule has 3 N–H and O–H groups in total. The van der Waals surface area contributed by atoms with E-state index in [2.05, 4.69) is 20.6 Å². The molecule has 2 aromatic rings. The van der Waals surface area contributed by atoms with Crippen molar-refractivity contribution in [2.24, 2.45) is 0 Å². The van der Waals surface area contributed by atoms with Crippen molar-refractivity contribution in [1.82, 2.24) is 9.97 Å². The number of aromatic nitrogens is 2. The molecule has 0 aliphatic heterocycles. The minimum absolute atomic E-state index is 0.292. The molecule has 0 radical (unpaired) electrons. The van der Waals surface area contributed by atoms with Gasteiger partial charge < -0.3 is 15.7 Å². The molecule has 0 spiro atoms. The highest BCUT2D eigenvalue weighted by molar-refractivity contribution is 7.98. The van der Waals surface area contributed by atoms with E-state index in [9.17, 15) is 5.11 Å². The highest BCUT2D eigenvalue weighted by Crippen LogP contribution is 2.17. The predicted octanol–water partition coefficient (Wildman–Crippen LogP) is 2.60. The maximum absolute atomic E-state index is 9.23. The molecule has 0 unspecified atom stereocenters. The Hall–Kier alpha value is -1.95. The molecule has 0 saturated heterocycles. The number of nitrogens with one attached hydrogen (secondary N) is 2. The van der Waals surface area contributed by atoms with Gasteiger partial charge >= 0.3 is 0 Å². The second-order valence-electron chi connectivity index (χ2n) is 4.22. The third-order valence-corrected chi connectivity index (χ3v) is 3.35. The Morgan fingerprint density at radius 2 is 1.85 bits per heavy atom. The highest BCUT2D eigenvalue weighted by atomic mass is 32.2. The predicted molar refractivity (Wildman–Crippen MR) is 83.7 cm³/mol. The SMILES string of the molecule is CNc1cc(NCCc2ccc(O)cc2)nc(SC)n1. The molecule has 0 atom stereocenters. The fourth-order valence-electron chi connectivity index (χ4n) is 1.73. The first kappa shape index (κ1) is 14.5. The van der Waals surface area contributed by atoms with Gasteiger partial charge in [-0.2, -0.15) is 0 Å². The van der Waals surface area contributed by atoms with Crippen LogP contribution in [0.15, 0.2) is 35.5 Å². The van der Waals surface area contributed by atoms with Gasteiger partial charge in [-0.05, 0) is 30.4 Å². The Morgan fingerprint density at radius 3 is 2.50 bits per heavy atom. The Balaban J connectivity index is 1.94. The Kier molecular flexibility index (Phi) is 5.06. The standard InChI is InChI=1S/C14H18N4OS/c1-15-12-9-13(18-14(17-12)20-2)16-8-7-10-3-5-11(19)6-4-10/h3-6,9,19H,7-8H2,1-2H3,(H2,15,16,17,18). The van der Waals surface area contributed by atoms with Crippen molar-refractivity contribution in [3.63, 3.8) is 0 Å². The molecule has 0 bridgehead atoms. The molecule has 0 aliphatic carbocycles. The van der Waals surface area contributed by atoms with E-state index in [4.69, 9.17) is 0 Å². The van der Waals surface area contributed by atoms with Gasteiger partial charge in [0.1, 0.15) is 17.4 Å². The van der Waals surface area contributed by atoms with Crippen molar-refractivity contribution in [2.75, 3.05) is 30.5 Å². The quantitative estimate of drug-likeness (QED) is 0.561. The summed E-state index contributed by atoms with van der Waals surface area (Å²) in [5, 5.41) is 16.3. The summed E-state index contributed by atoms with van der Waals surface area (Å²) >= 11 is 1.51. The van der Waals surface area contributed by atoms with Gasteiger partial charge in [-0.3, -0.25) is 0 Å². The molecular weight excluding hydrogens is 272 g/mol. The van der Waals surface area contributed by atoms with Crippen molar-refractivity contribution >= 4 is 23.4 Å². The first-order valence-electron chi connectivity index (χ1n) is 6.34. The summed E-state index contributed by atoms with van der Waals surface area (Å²) in [4.78, 5) is 8.73. The van der Waals surface area contributed by atoms with Crippen LogP contribution in [0.4, 0.5) is 11.6 Å². The molecule has 1 heterocycles. The maximum atomic E-state index is 9.23. The number of nitrogens with zero attached hydrogens (tertiary/aromatic N) is 2. The first-order valence-corrected chi connectivity index (χ1v) is 7.56. The lowest BCUT2D eigenvalue weighted by Crippen LogP contribution is -2.08. The van der Waals surface area contributed by atoms with E-state index in [1.54, 1.807) is 12.1 Å². The number of benzene rings is 1. The van der Waals surface area contributed by atoms with Gasteiger partial charge in [0.15, 0.2) is 5.16 Å². The molecular formula is C14H18N4OS. The van der Waals surface area contributed by atoms with Gasteiger partial charge in [-0.15, -0.1) is 0 Å². The minimum Gasteiger partial charge on any atom is -0.508 e. The number of phenols is 1. The van der Waals surface area contributed by atoms with Crippen LogP contribution in [0.25, 0.3) is 0 Å². The van der Waals surface area contributed by atoms with Gasteiger partial charge in [0.05, 0.1) is 0 Å². The normalized spacial score (nSPS) is 10.3.